The fourth-order valence-electron chi connectivity index (χ4n) is 1.45. The average Bonchev–Trinajstić information content (AvgIpc) is 2.15. The van der Waals surface area contributed by atoms with E-state index in [1.165, 1.54) is 12.1 Å². The second-order valence-electron chi connectivity index (χ2n) is 3.75. The van der Waals surface area contributed by atoms with Crippen molar-refractivity contribution in [1.29, 1.82) is 0 Å². The number of carboxylic acid groups (broad SMARTS) is 1. The maximum absolute atomic E-state index is 12.3. The molecule has 0 aromatic heterocycles. The topological polar surface area (TPSA) is 49.3 Å². The molecule has 94 valence electrons. The molecule has 17 heavy (non-hydrogen) atoms. The number of benzene rings is 1. The van der Waals surface area contributed by atoms with Crippen molar-refractivity contribution in [2.75, 3.05) is 0 Å². The van der Waals surface area contributed by atoms with Gasteiger partial charge in [0, 0.05) is 6.04 Å². The van der Waals surface area contributed by atoms with Crippen LogP contribution in [0.5, 0.6) is 0 Å². The Balaban J connectivity index is 2.66. The third-order valence-corrected chi connectivity index (χ3v) is 2.19. The van der Waals surface area contributed by atoms with Gasteiger partial charge in [-0.2, -0.15) is 13.2 Å². The van der Waals surface area contributed by atoms with E-state index in [-0.39, 0.29) is 6.04 Å². The minimum absolute atomic E-state index is 0.343. The number of hydrogen-bond donors (Lipinski definition) is 2. The van der Waals surface area contributed by atoms with E-state index in [1.807, 2.05) is 0 Å². The average molecular weight is 247 g/mol. The van der Waals surface area contributed by atoms with Gasteiger partial charge in [-0.25, -0.2) is 4.79 Å². The summed E-state index contributed by atoms with van der Waals surface area (Å²) in [4.78, 5) is 10.3. The van der Waals surface area contributed by atoms with Gasteiger partial charge in [0.15, 0.2) is 0 Å². The van der Waals surface area contributed by atoms with Crippen molar-refractivity contribution >= 4 is 6.09 Å². The predicted octanol–water partition coefficient (Wildman–Crippen LogP) is 2.90. The van der Waals surface area contributed by atoms with Gasteiger partial charge in [-0.3, -0.25) is 0 Å². The van der Waals surface area contributed by atoms with Crippen LogP contribution in [0.1, 0.15) is 18.1 Å². The fraction of sp³-hybridized carbons (Fsp3) is 0.364. The zero-order valence-electron chi connectivity index (χ0n) is 9.08. The van der Waals surface area contributed by atoms with Gasteiger partial charge in [-0.1, -0.05) is 12.1 Å². The lowest BCUT2D eigenvalue weighted by Gasteiger charge is -2.12. The molecule has 0 aliphatic rings. The van der Waals surface area contributed by atoms with Gasteiger partial charge < -0.3 is 10.4 Å². The van der Waals surface area contributed by atoms with Crippen LogP contribution >= 0.6 is 0 Å². The molecule has 0 fully saturated rings. The van der Waals surface area contributed by atoms with Crippen LogP contribution in [-0.2, 0) is 12.6 Å². The minimum atomic E-state index is -4.34. The first-order valence-electron chi connectivity index (χ1n) is 4.94. The molecule has 1 rings (SSSR count). The molecule has 1 aromatic rings. The standard InChI is InChI=1S/C11H12F3NO2/c1-7(15-10(16)17)6-8-2-4-9(5-3-8)11(12,13)14/h2-5,7,15H,6H2,1H3,(H,16,17). The van der Waals surface area contributed by atoms with Crippen LogP contribution in [0.4, 0.5) is 18.0 Å². The van der Waals surface area contributed by atoms with E-state index in [1.54, 1.807) is 6.92 Å². The highest BCUT2D eigenvalue weighted by Crippen LogP contribution is 2.29. The van der Waals surface area contributed by atoms with E-state index in [9.17, 15) is 18.0 Å². The zero-order valence-corrected chi connectivity index (χ0v) is 9.08. The highest BCUT2D eigenvalue weighted by atomic mass is 19.4. The van der Waals surface area contributed by atoms with E-state index in [0.29, 0.717) is 12.0 Å². The van der Waals surface area contributed by atoms with Crippen LogP contribution in [0.15, 0.2) is 24.3 Å². The Hall–Kier alpha value is -1.72. The predicted molar refractivity (Wildman–Crippen MR) is 55.8 cm³/mol. The molecule has 1 amide bonds. The number of rotatable bonds is 3. The van der Waals surface area contributed by atoms with Crippen LogP contribution in [0.25, 0.3) is 0 Å². The Labute approximate surface area is 96.3 Å². The fourth-order valence-corrected chi connectivity index (χ4v) is 1.45. The van der Waals surface area contributed by atoms with Gasteiger partial charge in [0.25, 0.3) is 0 Å². The Kier molecular flexibility index (Phi) is 3.98. The molecular formula is C11H12F3NO2. The van der Waals surface area contributed by atoms with Gasteiger partial charge in [-0.15, -0.1) is 0 Å². The molecule has 0 saturated carbocycles. The maximum Gasteiger partial charge on any atom is 0.416 e. The lowest BCUT2D eigenvalue weighted by atomic mass is 10.1. The molecule has 2 N–H and O–H groups in total. The van der Waals surface area contributed by atoms with Crippen LogP contribution in [0.3, 0.4) is 0 Å². The zero-order chi connectivity index (χ0) is 13.1. The molecule has 1 unspecified atom stereocenters. The van der Waals surface area contributed by atoms with E-state index >= 15 is 0 Å². The van der Waals surface area contributed by atoms with E-state index in [2.05, 4.69) is 5.32 Å². The Morgan fingerprint density at radius 2 is 1.88 bits per heavy atom. The van der Waals surface area contributed by atoms with Crippen LogP contribution in [0.2, 0.25) is 0 Å². The smallest absolute Gasteiger partial charge is 0.416 e. The first-order chi connectivity index (χ1) is 7.79. The van der Waals surface area contributed by atoms with Gasteiger partial charge in [0.1, 0.15) is 0 Å². The molecule has 1 atom stereocenters. The quantitative estimate of drug-likeness (QED) is 0.862. The summed E-state index contributed by atoms with van der Waals surface area (Å²) in [5.41, 5.74) is -0.0562. The van der Waals surface area contributed by atoms with Crippen molar-refractivity contribution in [3.63, 3.8) is 0 Å². The summed E-state index contributed by atoms with van der Waals surface area (Å²) >= 11 is 0. The second kappa shape index (κ2) is 5.07. The molecule has 0 bridgehead atoms. The highest BCUT2D eigenvalue weighted by Gasteiger charge is 2.29. The summed E-state index contributed by atoms with van der Waals surface area (Å²) < 4.78 is 36.8. The van der Waals surface area contributed by atoms with Crippen LogP contribution in [0, 0.1) is 0 Å². The monoisotopic (exact) mass is 247 g/mol. The first kappa shape index (κ1) is 13.3. The summed E-state index contributed by atoms with van der Waals surface area (Å²) in [7, 11) is 0. The number of hydrogen-bond acceptors (Lipinski definition) is 1. The molecule has 0 spiro atoms. The van der Waals surface area contributed by atoms with E-state index in [0.717, 1.165) is 12.1 Å². The normalized spacial score (nSPS) is 13.2. The van der Waals surface area contributed by atoms with Gasteiger partial charge in [0.05, 0.1) is 5.56 Å². The maximum atomic E-state index is 12.3. The van der Waals surface area contributed by atoms with Gasteiger partial charge in [0.2, 0.25) is 0 Å². The van der Waals surface area contributed by atoms with Crippen molar-refractivity contribution in [2.24, 2.45) is 0 Å². The van der Waals surface area contributed by atoms with Crippen molar-refractivity contribution in [1.82, 2.24) is 5.32 Å². The lowest BCUT2D eigenvalue weighted by molar-refractivity contribution is -0.137. The number of nitrogens with one attached hydrogen (secondary N) is 1. The van der Waals surface area contributed by atoms with Crippen LogP contribution < -0.4 is 5.32 Å². The Bertz CT molecular complexity index is 387. The second-order valence-corrected chi connectivity index (χ2v) is 3.75. The van der Waals surface area contributed by atoms with E-state index < -0.39 is 17.8 Å². The Morgan fingerprint density at radius 1 is 1.35 bits per heavy atom. The molecule has 1 aromatic carbocycles. The van der Waals surface area contributed by atoms with Crippen molar-refractivity contribution in [3.8, 4) is 0 Å². The van der Waals surface area contributed by atoms with Gasteiger partial charge in [-0.05, 0) is 31.0 Å². The summed E-state index contributed by atoms with van der Waals surface area (Å²) in [5, 5.41) is 10.7. The summed E-state index contributed by atoms with van der Waals surface area (Å²) in [6, 6.07) is 4.33. The minimum Gasteiger partial charge on any atom is -0.465 e. The highest BCUT2D eigenvalue weighted by molar-refractivity contribution is 5.64. The number of amides is 1. The number of alkyl halides is 3. The number of carbonyl (C=O) groups is 1. The van der Waals surface area contributed by atoms with Crippen LogP contribution in [-0.4, -0.2) is 17.2 Å². The third kappa shape index (κ3) is 4.34. The van der Waals surface area contributed by atoms with E-state index in [4.69, 9.17) is 5.11 Å². The Morgan fingerprint density at radius 3 is 2.29 bits per heavy atom. The molecule has 0 radical (unpaired) electrons. The molecule has 0 aliphatic carbocycles. The molecule has 3 nitrogen and oxygen atoms in total. The molecule has 0 aliphatic heterocycles. The van der Waals surface area contributed by atoms with Gasteiger partial charge >= 0.3 is 12.3 Å². The number of halogens is 3. The largest absolute Gasteiger partial charge is 0.465 e. The SMILES string of the molecule is CC(Cc1ccc(C(F)(F)F)cc1)NC(=O)O. The summed E-state index contributed by atoms with van der Waals surface area (Å²) in [6.45, 7) is 1.64. The first-order valence-corrected chi connectivity index (χ1v) is 4.94. The van der Waals surface area contributed by atoms with Crippen molar-refractivity contribution in [3.05, 3.63) is 35.4 Å². The van der Waals surface area contributed by atoms with Crippen molar-refractivity contribution < 1.29 is 23.1 Å². The lowest BCUT2D eigenvalue weighted by Crippen LogP contribution is -2.32. The molecule has 0 saturated heterocycles. The molecule has 6 heteroatoms. The molecular weight excluding hydrogens is 235 g/mol. The third-order valence-electron chi connectivity index (χ3n) is 2.19. The molecule has 0 heterocycles. The van der Waals surface area contributed by atoms with Crippen molar-refractivity contribution in [2.45, 2.75) is 25.6 Å². The summed E-state index contributed by atoms with van der Waals surface area (Å²) in [5.74, 6) is 0. The summed E-state index contributed by atoms with van der Waals surface area (Å²) in [6.07, 6.45) is -5.14.